The third-order valence-electron chi connectivity index (χ3n) is 6.96. The van der Waals surface area contributed by atoms with Crippen LogP contribution < -0.4 is 14.2 Å². The zero-order valence-corrected chi connectivity index (χ0v) is 19.7. The first-order valence-corrected chi connectivity index (χ1v) is 12.7. The molecular weight excluding hydrogens is 492 g/mol. The summed E-state index contributed by atoms with van der Waals surface area (Å²) in [5.41, 5.74) is 3.01. The molecule has 3 aromatic rings. The number of fused-ring (bicyclic) bond motifs is 2. The highest BCUT2D eigenvalue weighted by molar-refractivity contribution is 7.90. The highest BCUT2D eigenvalue weighted by atomic mass is 32.2. The van der Waals surface area contributed by atoms with Gasteiger partial charge >= 0.3 is 6.29 Å². The van der Waals surface area contributed by atoms with Crippen molar-refractivity contribution >= 4 is 21.7 Å². The molecule has 10 heteroatoms. The predicted octanol–water partition coefficient (Wildman–Crippen LogP) is 4.26. The SMILES string of the molecule is Cc1ccc(CC(=O)C2(c3ccc4c(c3)OC(F)(F)O4)CC2)cc1-c1ccc2c(c1)C(=O)NS2(=O)=O. The van der Waals surface area contributed by atoms with Crippen molar-refractivity contribution in [3.05, 3.63) is 76.9 Å². The van der Waals surface area contributed by atoms with Gasteiger partial charge < -0.3 is 9.47 Å². The molecule has 1 saturated carbocycles. The number of sulfonamides is 1. The quantitative estimate of drug-likeness (QED) is 0.550. The van der Waals surface area contributed by atoms with Crippen LogP contribution in [-0.4, -0.2) is 26.4 Å². The lowest BCUT2D eigenvalue weighted by Crippen LogP contribution is -2.26. The Morgan fingerprint density at radius 3 is 2.47 bits per heavy atom. The van der Waals surface area contributed by atoms with Gasteiger partial charge in [0.05, 0.1) is 11.0 Å². The lowest BCUT2D eigenvalue weighted by molar-refractivity contribution is -0.286. The molecule has 0 radical (unpaired) electrons. The molecule has 3 aromatic carbocycles. The van der Waals surface area contributed by atoms with Crippen LogP contribution in [0.5, 0.6) is 11.5 Å². The number of benzene rings is 3. The van der Waals surface area contributed by atoms with Crippen LogP contribution in [0, 0.1) is 6.92 Å². The number of rotatable bonds is 5. The largest absolute Gasteiger partial charge is 0.586 e. The number of aryl methyl sites for hydroxylation is 1. The molecular formula is C26H19F2NO6S. The summed E-state index contributed by atoms with van der Waals surface area (Å²) in [7, 11) is -3.84. The van der Waals surface area contributed by atoms with Gasteiger partial charge in [-0.15, -0.1) is 8.78 Å². The molecule has 0 aromatic heterocycles. The topological polar surface area (TPSA) is 98.8 Å². The minimum absolute atomic E-state index is 0.0395. The van der Waals surface area contributed by atoms with Gasteiger partial charge in [-0.05, 0) is 71.8 Å². The Morgan fingerprint density at radius 1 is 0.972 bits per heavy atom. The van der Waals surface area contributed by atoms with Gasteiger partial charge in [0, 0.05) is 6.42 Å². The first kappa shape index (κ1) is 22.7. The summed E-state index contributed by atoms with van der Waals surface area (Å²) >= 11 is 0. The second-order valence-electron chi connectivity index (χ2n) is 9.31. The minimum atomic E-state index is -3.84. The van der Waals surface area contributed by atoms with E-state index in [2.05, 4.69) is 9.47 Å². The Kier molecular flexibility index (Phi) is 4.63. The minimum Gasteiger partial charge on any atom is -0.395 e. The van der Waals surface area contributed by atoms with Crippen LogP contribution in [0.1, 0.15) is 39.9 Å². The number of amides is 1. The Hall–Kier alpha value is -3.79. The molecule has 3 aliphatic rings. The molecule has 1 amide bonds. The molecule has 2 heterocycles. The van der Waals surface area contributed by atoms with E-state index in [1.165, 1.54) is 24.3 Å². The lowest BCUT2D eigenvalue weighted by Gasteiger charge is -2.16. The molecule has 184 valence electrons. The molecule has 1 N–H and O–H groups in total. The fourth-order valence-electron chi connectivity index (χ4n) is 4.89. The van der Waals surface area contributed by atoms with E-state index in [9.17, 15) is 26.8 Å². The number of carbonyl (C=O) groups excluding carboxylic acids is 2. The second kappa shape index (κ2) is 7.36. The summed E-state index contributed by atoms with van der Waals surface area (Å²) in [5, 5.41) is 0. The first-order chi connectivity index (χ1) is 17.0. The molecule has 1 fully saturated rings. The van der Waals surface area contributed by atoms with Gasteiger partial charge in [-0.1, -0.05) is 30.3 Å². The summed E-state index contributed by atoms with van der Waals surface area (Å²) in [6.07, 6.45) is -2.38. The summed E-state index contributed by atoms with van der Waals surface area (Å²) < 4.78 is 61.9. The van der Waals surface area contributed by atoms with E-state index in [1.54, 1.807) is 12.1 Å². The van der Waals surface area contributed by atoms with Gasteiger partial charge in [0.25, 0.3) is 15.9 Å². The van der Waals surface area contributed by atoms with Crippen molar-refractivity contribution in [2.45, 2.75) is 42.8 Å². The van der Waals surface area contributed by atoms with Crippen molar-refractivity contribution in [2.24, 2.45) is 0 Å². The smallest absolute Gasteiger partial charge is 0.395 e. The van der Waals surface area contributed by atoms with Gasteiger partial charge in [-0.2, -0.15) is 0 Å². The van der Waals surface area contributed by atoms with Crippen LogP contribution in [0.15, 0.2) is 59.5 Å². The van der Waals surface area contributed by atoms with Gasteiger partial charge in [-0.25, -0.2) is 13.1 Å². The number of Topliss-reactive ketones (excluding diaryl/α,β-unsaturated/α-hetero) is 1. The average Bonchev–Trinajstić information content (AvgIpc) is 3.51. The van der Waals surface area contributed by atoms with E-state index in [1.807, 2.05) is 29.8 Å². The zero-order valence-electron chi connectivity index (χ0n) is 18.9. The maximum absolute atomic E-state index is 13.4. The van der Waals surface area contributed by atoms with Crippen LogP contribution in [0.25, 0.3) is 11.1 Å². The van der Waals surface area contributed by atoms with E-state index >= 15 is 0 Å². The summed E-state index contributed by atoms with van der Waals surface area (Å²) in [6.45, 7) is 1.88. The molecule has 0 spiro atoms. The number of carbonyl (C=O) groups is 2. The maximum Gasteiger partial charge on any atom is 0.586 e. The average molecular weight is 512 g/mol. The molecule has 0 atom stereocenters. The Bertz CT molecular complexity index is 1590. The van der Waals surface area contributed by atoms with Crippen LogP contribution in [-0.2, 0) is 26.7 Å². The van der Waals surface area contributed by atoms with Crippen molar-refractivity contribution in [1.29, 1.82) is 0 Å². The van der Waals surface area contributed by atoms with Gasteiger partial charge in [0.15, 0.2) is 11.5 Å². The van der Waals surface area contributed by atoms with Crippen LogP contribution >= 0.6 is 0 Å². The summed E-state index contributed by atoms with van der Waals surface area (Å²) in [5.74, 6) is -0.863. The normalized spacial score (nSPS) is 19.5. The highest BCUT2D eigenvalue weighted by Gasteiger charge is 2.52. The number of nitrogens with one attached hydrogen (secondary N) is 1. The van der Waals surface area contributed by atoms with Crippen molar-refractivity contribution in [1.82, 2.24) is 4.72 Å². The van der Waals surface area contributed by atoms with Gasteiger partial charge in [0.2, 0.25) is 0 Å². The van der Waals surface area contributed by atoms with E-state index in [-0.39, 0.29) is 34.2 Å². The Balaban J connectivity index is 1.28. The van der Waals surface area contributed by atoms with Crippen LogP contribution in [0.4, 0.5) is 8.78 Å². The summed E-state index contributed by atoms with van der Waals surface area (Å²) in [4.78, 5) is 25.5. The van der Waals surface area contributed by atoms with Gasteiger partial charge in [0.1, 0.15) is 10.7 Å². The van der Waals surface area contributed by atoms with Crippen molar-refractivity contribution < 1.29 is 36.3 Å². The molecule has 36 heavy (non-hydrogen) atoms. The molecule has 1 aliphatic carbocycles. The summed E-state index contributed by atoms with van der Waals surface area (Å²) in [6, 6.07) is 14.6. The van der Waals surface area contributed by atoms with E-state index in [0.29, 0.717) is 24.0 Å². The number of hydrogen-bond donors (Lipinski definition) is 1. The Morgan fingerprint density at radius 2 is 1.72 bits per heavy atom. The number of ether oxygens (including phenoxy) is 2. The maximum atomic E-state index is 13.4. The predicted molar refractivity (Wildman–Crippen MR) is 124 cm³/mol. The number of alkyl halides is 2. The van der Waals surface area contributed by atoms with Crippen LogP contribution in [0.2, 0.25) is 0 Å². The standard InChI is InChI=1S/C26H19F2NO6S/c1-14-2-3-15(10-18(14)16-4-7-22-19(12-16)24(31)29-36(22,32)33)11-23(30)25(8-9-25)17-5-6-20-21(13-17)35-26(27,28)34-20/h2-7,10,12-13H,8-9,11H2,1H3,(H,29,31). The number of hydrogen-bond acceptors (Lipinski definition) is 6. The molecule has 0 saturated heterocycles. The molecule has 6 rings (SSSR count). The van der Waals surface area contributed by atoms with Crippen LogP contribution in [0.3, 0.4) is 0 Å². The van der Waals surface area contributed by atoms with E-state index in [4.69, 9.17) is 0 Å². The van der Waals surface area contributed by atoms with Crippen molar-refractivity contribution in [3.8, 4) is 22.6 Å². The molecule has 2 aliphatic heterocycles. The molecule has 0 bridgehead atoms. The third-order valence-corrected chi connectivity index (χ3v) is 8.35. The van der Waals surface area contributed by atoms with Crippen molar-refractivity contribution in [2.75, 3.05) is 0 Å². The first-order valence-electron chi connectivity index (χ1n) is 11.2. The monoisotopic (exact) mass is 511 g/mol. The fourth-order valence-corrected chi connectivity index (χ4v) is 6.04. The second-order valence-corrected chi connectivity index (χ2v) is 11.0. The number of halogens is 2. The zero-order chi connectivity index (χ0) is 25.5. The highest BCUT2D eigenvalue weighted by Crippen LogP contribution is 2.52. The Labute approximate surface area is 205 Å². The van der Waals surface area contributed by atoms with E-state index < -0.39 is 27.6 Å². The van der Waals surface area contributed by atoms with Gasteiger partial charge in [-0.3, -0.25) is 9.59 Å². The number of ketones is 1. The fraction of sp³-hybridized carbons (Fsp3) is 0.231. The molecule has 0 unspecified atom stereocenters. The third kappa shape index (κ3) is 3.55. The van der Waals surface area contributed by atoms with E-state index in [0.717, 1.165) is 16.7 Å². The molecule has 7 nitrogen and oxygen atoms in total. The van der Waals surface area contributed by atoms with Crippen molar-refractivity contribution in [3.63, 3.8) is 0 Å². The lowest BCUT2D eigenvalue weighted by atomic mass is 9.86.